The summed E-state index contributed by atoms with van der Waals surface area (Å²) in [5.41, 5.74) is 2.77. The highest BCUT2D eigenvalue weighted by molar-refractivity contribution is 5.71. The third-order valence-electron chi connectivity index (χ3n) is 4.45. The van der Waals surface area contributed by atoms with Crippen LogP contribution in [-0.2, 0) is 19.5 Å². The second kappa shape index (κ2) is 5.90. The van der Waals surface area contributed by atoms with E-state index in [2.05, 4.69) is 41.1 Å². The lowest BCUT2D eigenvalue weighted by Gasteiger charge is -2.24. The van der Waals surface area contributed by atoms with E-state index in [0.29, 0.717) is 28.7 Å². The summed E-state index contributed by atoms with van der Waals surface area (Å²) in [5, 5.41) is 18.1. The molecule has 0 saturated carbocycles. The summed E-state index contributed by atoms with van der Waals surface area (Å²) in [7, 11) is 5.42. The van der Waals surface area contributed by atoms with Gasteiger partial charge in [0, 0.05) is 25.9 Å². The minimum Gasteiger partial charge on any atom is -0.492 e. The number of ether oxygens (including phenoxy) is 1. The van der Waals surface area contributed by atoms with Gasteiger partial charge < -0.3 is 9.30 Å². The smallest absolute Gasteiger partial charge is 0.220 e. The van der Waals surface area contributed by atoms with Gasteiger partial charge in [-0.3, -0.25) is 4.68 Å². The number of methoxy groups -OCH3 is 1. The van der Waals surface area contributed by atoms with Gasteiger partial charge in [0.1, 0.15) is 12.0 Å². The molecule has 4 heterocycles. The average molecular weight is 366 g/mol. The van der Waals surface area contributed by atoms with Gasteiger partial charge in [0.2, 0.25) is 17.3 Å². The maximum absolute atomic E-state index is 5.78. The summed E-state index contributed by atoms with van der Waals surface area (Å²) in [6.07, 6.45) is 3.61. The third-order valence-corrected chi connectivity index (χ3v) is 4.45. The molecule has 0 saturated heterocycles. The molecule has 0 aliphatic carbocycles. The Balaban J connectivity index is 2.11. The van der Waals surface area contributed by atoms with Crippen molar-refractivity contribution in [2.24, 2.45) is 14.1 Å². The predicted molar refractivity (Wildman–Crippen MR) is 100 cm³/mol. The molecule has 0 spiro atoms. The second-order valence-corrected chi connectivity index (χ2v) is 7.51. The quantitative estimate of drug-likeness (QED) is 0.552. The fraction of sp³-hybridized carbons (Fsp3) is 0.389. The Kier molecular flexibility index (Phi) is 3.76. The lowest BCUT2D eigenvalue weighted by atomic mass is 9.85. The maximum Gasteiger partial charge on any atom is 0.220 e. The molecule has 140 valence electrons. The zero-order valence-corrected chi connectivity index (χ0v) is 16.3. The molecule has 9 nitrogen and oxygen atoms in total. The van der Waals surface area contributed by atoms with Crippen LogP contribution in [0.2, 0.25) is 0 Å². The van der Waals surface area contributed by atoms with Gasteiger partial charge in [0.15, 0.2) is 5.75 Å². The molecule has 9 heteroatoms. The highest BCUT2D eigenvalue weighted by Gasteiger charge is 2.31. The molecule has 0 N–H and O–H groups in total. The van der Waals surface area contributed by atoms with Crippen molar-refractivity contribution in [3.63, 3.8) is 0 Å². The van der Waals surface area contributed by atoms with Gasteiger partial charge in [-0.05, 0) is 17.5 Å². The number of hydrogen-bond donors (Lipinski definition) is 0. The molecule has 4 rings (SSSR count). The fourth-order valence-electron chi connectivity index (χ4n) is 3.23. The van der Waals surface area contributed by atoms with Gasteiger partial charge >= 0.3 is 0 Å². The molecule has 0 radical (unpaired) electrons. The van der Waals surface area contributed by atoms with Crippen molar-refractivity contribution in [3.8, 4) is 28.8 Å². The molecule has 0 fully saturated rings. The monoisotopic (exact) mass is 366 g/mol. The molecular formula is C18H22N8O. The van der Waals surface area contributed by atoms with Crippen LogP contribution in [0.1, 0.15) is 26.3 Å². The van der Waals surface area contributed by atoms with Crippen molar-refractivity contribution >= 4 is 5.65 Å². The van der Waals surface area contributed by atoms with E-state index in [1.165, 1.54) is 0 Å². The van der Waals surface area contributed by atoms with Gasteiger partial charge in [-0.1, -0.05) is 20.8 Å². The highest BCUT2D eigenvalue weighted by Crippen LogP contribution is 2.39. The van der Waals surface area contributed by atoms with Gasteiger partial charge in [-0.2, -0.15) is 9.61 Å². The summed E-state index contributed by atoms with van der Waals surface area (Å²) in [4.78, 5) is 4.41. The van der Waals surface area contributed by atoms with E-state index in [1.54, 1.807) is 22.6 Å². The van der Waals surface area contributed by atoms with Gasteiger partial charge in [-0.25, -0.2) is 4.98 Å². The first-order valence-electron chi connectivity index (χ1n) is 8.63. The number of aryl methyl sites for hydroxylation is 2. The van der Waals surface area contributed by atoms with Crippen LogP contribution in [0, 0.1) is 0 Å². The largest absolute Gasteiger partial charge is 0.492 e. The van der Waals surface area contributed by atoms with Crippen molar-refractivity contribution in [2.75, 3.05) is 7.11 Å². The molecular weight excluding hydrogens is 344 g/mol. The van der Waals surface area contributed by atoms with Crippen molar-refractivity contribution < 1.29 is 4.74 Å². The Morgan fingerprint density at radius 1 is 1.07 bits per heavy atom. The van der Waals surface area contributed by atoms with Crippen LogP contribution in [-0.4, -0.2) is 46.3 Å². The number of aromatic nitrogens is 8. The Bertz CT molecular complexity index is 1130. The molecule has 4 aromatic heterocycles. The van der Waals surface area contributed by atoms with Crippen molar-refractivity contribution in [1.29, 1.82) is 0 Å². The van der Waals surface area contributed by atoms with E-state index in [9.17, 15) is 0 Å². The van der Waals surface area contributed by atoms with Crippen LogP contribution in [0.25, 0.3) is 28.7 Å². The summed E-state index contributed by atoms with van der Waals surface area (Å²) < 4.78 is 11.1. The first kappa shape index (κ1) is 17.2. The van der Waals surface area contributed by atoms with E-state index in [-0.39, 0.29) is 5.41 Å². The molecule has 4 aromatic rings. The zero-order valence-electron chi connectivity index (χ0n) is 16.3. The second-order valence-electron chi connectivity index (χ2n) is 7.51. The lowest BCUT2D eigenvalue weighted by Crippen LogP contribution is -2.18. The van der Waals surface area contributed by atoms with E-state index in [0.717, 1.165) is 11.3 Å². The molecule has 0 atom stereocenters. The highest BCUT2D eigenvalue weighted by atomic mass is 16.5. The molecule has 0 aliphatic heterocycles. The van der Waals surface area contributed by atoms with Crippen LogP contribution in [0.4, 0.5) is 0 Å². The maximum atomic E-state index is 5.78. The number of rotatable bonds is 3. The van der Waals surface area contributed by atoms with Crippen LogP contribution in [0.3, 0.4) is 0 Å². The molecule has 0 aliphatic rings. The summed E-state index contributed by atoms with van der Waals surface area (Å²) in [6.45, 7) is 6.30. The zero-order chi connectivity index (χ0) is 19.3. The van der Waals surface area contributed by atoms with Gasteiger partial charge in [0.25, 0.3) is 0 Å². The SMILES string of the molecule is COc1c(C(C)(C)C)c(-c2ncn(C)n2)nn2c(-c3cccn3C)nnc12. The number of fused-ring (bicyclic) bond motifs is 1. The summed E-state index contributed by atoms with van der Waals surface area (Å²) >= 11 is 0. The van der Waals surface area contributed by atoms with E-state index in [1.807, 2.05) is 37.0 Å². The Labute approximate surface area is 156 Å². The Hall–Kier alpha value is -3.23. The predicted octanol–water partition coefficient (Wildman–Crippen LogP) is 2.23. The minimum absolute atomic E-state index is 0.258. The van der Waals surface area contributed by atoms with Crippen LogP contribution in [0.15, 0.2) is 24.7 Å². The molecule has 0 bridgehead atoms. The van der Waals surface area contributed by atoms with Crippen LogP contribution in [0.5, 0.6) is 5.75 Å². The third kappa shape index (κ3) is 2.66. The number of hydrogen-bond acceptors (Lipinski definition) is 6. The Morgan fingerprint density at radius 3 is 2.41 bits per heavy atom. The summed E-state index contributed by atoms with van der Waals surface area (Å²) in [6, 6.07) is 3.93. The van der Waals surface area contributed by atoms with Crippen LogP contribution >= 0.6 is 0 Å². The first-order valence-corrected chi connectivity index (χ1v) is 8.63. The van der Waals surface area contributed by atoms with E-state index in [4.69, 9.17) is 9.84 Å². The normalized spacial score (nSPS) is 12.1. The molecule has 0 unspecified atom stereocenters. The number of nitrogens with zero attached hydrogens (tertiary/aromatic N) is 8. The van der Waals surface area contributed by atoms with E-state index >= 15 is 0 Å². The fourth-order valence-corrected chi connectivity index (χ4v) is 3.23. The van der Waals surface area contributed by atoms with Crippen molar-refractivity contribution in [1.82, 2.24) is 39.1 Å². The average Bonchev–Trinajstić information content (AvgIpc) is 3.31. The van der Waals surface area contributed by atoms with Crippen molar-refractivity contribution in [2.45, 2.75) is 26.2 Å². The molecule has 0 amide bonds. The van der Waals surface area contributed by atoms with Crippen molar-refractivity contribution in [3.05, 3.63) is 30.2 Å². The molecule has 27 heavy (non-hydrogen) atoms. The van der Waals surface area contributed by atoms with E-state index < -0.39 is 0 Å². The van der Waals surface area contributed by atoms with Crippen LogP contribution < -0.4 is 4.74 Å². The molecule has 0 aromatic carbocycles. The van der Waals surface area contributed by atoms with Gasteiger partial charge in [0.05, 0.1) is 12.8 Å². The summed E-state index contributed by atoms with van der Waals surface area (Å²) in [5.74, 6) is 1.80. The Morgan fingerprint density at radius 2 is 1.85 bits per heavy atom. The topological polar surface area (TPSA) is 88.0 Å². The first-order chi connectivity index (χ1) is 12.8. The van der Waals surface area contributed by atoms with Gasteiger partial charge in [-0.15, -0.1) is 15.3 Å². The standard InChI is InChI=1S/C18H22N8O/c1-18(2,3)12-13(15-19-10-25(5)23-15)22-26-16(11-8-7-9-24(11)4)20-21-17(26)14(12)27-6/h7-10H,1-6H3. The minimum atomic E-state index is -0.258. The lowest BCUT2D eigenvalue weighted by molar-refractivity contribution is 0.398.